The van der Waals surface area contributed by atoms with Crippen molar-refractivity contribution in [1.29, 1.82) is 0 Å². The maximum absolute atomic E-state index is 10.2. The largest absolute Gasteiger partial charge is 0.508 e. The maximum atomic E-state index is 10.2. The summed E-state index contributed by atoms with van der Waals surface area (Å²) in [5, 5.41) is 10.2. The SMILES string of the molecule is C=CCCCCCCCc1cccc(O)c1CCCCCCCC=C. The van der Waals surface area contributed by atoms with Crippen LogP contribution in [0, 0.1) is 0 Å². The quantitative estimate of drug-likeness (QED) is 0.243. The summed E-state index contributed by atoms with van der Waals surface area (Å²) in [6.45, 7) is 7.54. The van der Waals surface area contributed by atoms with Gasteiger partial charge in [-0.1, -0.05) is 62.8 Å². The van der Waals surface area contributed by atoms with Crippen molar-refractivity contribution in [3.8, 4) is 5.75 Å². The number of phenols is 1. The summed E-state index contributed by atoms with van der Waals surface area (Å²) < 4.78 is 0. The number of hydrogen-bond acceptors (Lipinski definition) is 1. The summed E-state index contributed by atoms with van der Waals surface area (Å²) in [6.07, 6.45) is 21.1. The molecule has 140 valence electrons. The van der Waals surface area contributed by atoms with Crippen LogP contribution in [0.1, 0.15) is 88.2 Å². The van der Waals surface area contributed by atoms with Crippen molar-refractivity contribution in [3.05, 3.63) is 54.6 Å². The van der Waals surface area contributed by atoms with E-state index in [1.54, 1.807) is 0 Å². The number of allylic oxidation sites excluding steroid dienone is 2. The molecule has 0 spiro atoms. The lowest BCUT2D eigenvalue weighted by Crippen LogP contribution is -1.96. The van der Waals surface area contributed by atoms with Crippen molar-refractivity contribution in [1.82, 2.24) is 0 Å². The molecule has 1 heteroatoms. The average Bonchev–Trinajstić information content (AvgIpc) is 2.62. The lowest BCUT2D eigenvalue weighted by molar-refractivity contribution is 0.464. The van der Waals surface area contributed by atoms with Crippen LogP contribution in [-0.4, -0.2) is 5.11 Å². The van der Waals surface area contributed by atoms with Gasteiger partial charge in [-0.3, -0.25) is 0 Å². The molecule has 1 aromatic carbocycles. The fourth-order valence-electron chi connectivity index (χ4n) is 3.40. The lowest BCUT2D eigenvalue weighted by atomic mass is 9.95. The summed E-state index contributed by atoms with van der Waals surface area (Å²) in [4.78, 5) is 0. The smallest absolute Gasteiger partial charge is 0.119 e. The van der Waals surface area contributed by atoms with Crippen molar-refractivity contribution in [2.24, 2.45) is 0 Å². The molecule has 0 radical (unpaired) electrons. The van der Waals surface area contributed by atoms with Crippen LogP contribution in [0.25, 0.3) is 0 Å². The number of benzene rings is 1. The highest BCUT2D eigenvalue weighted by Crippen LogP contribution is 2.25. The minimum atomic E-state index is 0.496. The molecular weight excluding hydrogens is 304 g/mol. The minimum Gasteiger partial charge on any atom is -0.508 e. The molecule has 0 aliphatic carbocycles. The second-order valence-corrected chi connectivity index (χ2v) is 7.11. The molecule has 0 atom stereocenters. The van der Waals surface area contributed by atoms with Gasteiger partial charge in [-0.25, -0.2) is 0 Å². The van der Waals surface area contributed by atoms with Gasteiger partial charge in [0.1, 0.15) is 5.75 Å². The van der Waals surface area contributed by atoms with E-state index < -0.39 is 0 Å². The van der Waals surface area contributed by atoms with E-state index in [4.69, 9.17) is 0 Å². The van der Waals surface area contributed by atoms with Gasteiger partial charge in [0.05, 0.1) is 0 Å². The number of phenolic OH excluding ortho intramolecular Hbond substituents is 1. The van der Waals surface area contributed by atoms with E-state index >= 15 is 0 Å². The monoisotopic (exact) mass is 342 g/mol. The molecule has 25 heavy (non-hydrogen) atoms. The molecule has 0 aliphatic rings. The van der Waals surface area contributed by atoms with Crippen LogP contribution >= 0.6 is 0 Å². The van der Waals surface area contributed by atoms with E-state index in [1.165, 1.54) is 75.3 Å². The Morgan fingerprint density at radius 2 is 1.20 bits per heavy atom. The van der Waals surface area contributed by atoms with Crippen LogP contribution < -0.4 is 0 Å². The van der Waals surface area contributed by atoms with Gasteiger partial charge in [0.25, 0.3) is 0 Å². The number of aryl methyl sites for hydroxylation is 1. The van der Waals surface area contributed by atoms with Gasteiger partial charge in [-0.2, -0.15) is 0 Å². The van der Waals surface area contributed by atoms with E-state index in [2.05, 4.69) is 19.2 Å². The van der Waals surface area contributed by atoms with Crippen molar-refractivity contribution in [2.45, 2.75) is 89.9 Å². The zero-order chi connectivity index (χ0) is 18.2. The molecule has 0 fully saturated rings. The Morgan fingerprint density at radius 1 is 0.680 bits per heavy atom. The van der Waals surface area contributed by atoms with Crippen molar-refractivity contribution in [3.63, 3.8) is 0 Å². The maximum Gasteiger partial charge on any atom is 0.119 e. The minimum absolute atomic E-state index is 0.496. The number of hydrogen-bond donors (Lipinski definition) is 1. The van der Waals surface area contributed by atoms with E-state index in [-0.39, 0.29) is 0 Å². The summed E-state index contributed by atoms with van der Waals surface area (Å²) >= 11 is 0. The number of rotatable bonds is 16. The van der Waals surface area contributed by atoms with Gasteiger partial charge < -0.3 is 5.11 Å². The van der Waals surface area contributed by atoms with Gasteiger partial charge in [0.15, 0.2) is 0 Å². The zero-order valence-electron chi connectivity index (χ0n) is 16.1. The molecule has 0 aromatic heterocycles. The third-order valence-electron chi connectivity index (χ3n) is 4.94. The molecule has 0 aliphatic heterocycles. The second kappa shape index (κ2) is 14.8. The molecule has 0 saturated heterocycles. The van der Waals surface area contributed by atoms with E-state index in [1.807, 2.05) is 24.3 Å². The first-order chi connectivity index (χ1) is 12.3. The highest BCUT2D eigenvalue weighted by molar-refractivity contribution is 5.39. The predicted molar refractivity (Wildman–Crippen MR) is 111 cm³/mol. The van der Waals surface area contributed by atoms with Crippen LogP contribution in [0.4, 0.5) is 0 Å². The molecule has 0 unspecified atom stereocenters. The Kier molecular flexibility index (Phi) is 12.8. The summed E-state index contributed by atoms with van der Waals surface area (Å²) in [5.74, 6) is 0.496. The van der Waals surface area contributed by atoms with Gasteiger partial charge in [0.2, 0.25) is 0 Å². The van der Waals surface area contributed by atoms with Gasteiger partial charge in [0, 0.05) is 0 Å². The molecule has 1 aromatic rings. The third kappa shape index (κ3) is 10.2. The third-order valence-corrected chi connectivity index (χ3v) is 4.94. The van der Waals surface area contributed by atoms with Crippen LogP contribution in [-0.2, 0) is 12.8 Å². The average molecular weight is 343 g/mol. The fraction of sp³-hybridized carbons (Fsp3) is 0.583. The lowest BCUT2D eigenvalue weighted by Gasteiger charge is -2.12. The fourth-order valence-corrected chi connectivity index (χ4v) is 3.40. The summed E-state index contributed by atoms with van der Waals surface area (Å²) in [5.41, 5.74) is 2.55. The van der Waals surface area contributed by atoms with Crippen molar-refractivity contribution in [2.75, 3.05) is 0 Å². The van der Waals surface area contributed by atoms with E-state index in [9.17, 15) is 5.11 Å². The first-order valence-corrected chi connectivity index (χ1v) is 10.3. The van der Waals surface area contributed by atoms with Crippen molar-refractivity contribution >= 4 is 0 Å². The highest BCUT2D eigenvalue weighted by atomic mass is 16.3. The topological polar surface area (TPSA) is 20.2 Å². The normalized spacial score (nSPS) is 10.7. The Hall–Kier alpha value is -1.50. The Balaban J connectivity index is 2.28. The number of unbranched alkanes of at least 4 members (excludes halogenated alkanes) is 10. The first-order valence-electron chi connectivity index (χ1n) is 10.3. The van der Waals surface area contributed by atoms with E-state index in [0.29, 0.717) is 5.75 Å². The second-order valence-electron chi connectivity index (χ2n) is 7.11. The highest BCUT2D eigenvalue weighted by Gasteiger charge is 2.07. The summed E-state index contributed by atoms with van der Waals surface area (Å²) in [6, 6.07) is 6.04. The summed E-state index contributed by atoms with van der Waals surface area (Å²) in [7, 11) is 0. The molecule has 0 saturated carbocycles. The first kappa shape index (κ1) is 21.5. The Morgan fingerprint density at radius 3 is 1.80 bits per heavy atom. The predicted octanol–water partition coefficient (Wildman–Crippen LogP) is 7.53. The standard InChI is InChI=1S/C24H38O/c1-3-5-7-9-11-13-15-18-22-19-17-21-24(25)23(22)20-16-14-12-10-8-6-4-2/h3-4,17,19,21,25H,1-2,5-16,18,20H2. The van der Waals surface area contributed by atoms with Crippen molar-refractivity contribution < 1.29 is 5.11 Å². The molecular formula is C24H38O. The van der Waals surface area contributed by atoms with Gasteiger partial charge in [-0.15, -0.1) is 13.2 Å². The van der Waals surface area contributed by atoms with E-state index in [0.717, 1.165) is 25.7 Å². The molecule has 1 rings (SSSR count). The number of aromatic hydroxyl groups is 1. The van der Waals surface area contributed by atoms with Gasteiger partial charge in [-0.05, 0) is 68.6 Å². The Labute approximate surface area is 155 Å². The van der Waals surface area contributed by atoms with Crippen LogP contribution in [0.5, 0.6) is 5.75 Å². The Bertz CT molecular complexity index is 475. The van der Waals surface area contributed by atoms with Gasteiger partial charge >= 0.3 is 0 Å². The molecule has 0 amide bonds. The molecule has 1 nitrogen and oxygen atoms in total. The molecule has 1 N–H and O–H groups in total. The molecule has 0 bridgehead atoms. The van der Waals surface area contributed by atoms with Crippen LogP contribution in [0.2, 0.25) is 0 Å². The zero-order valence-corrected chi connectivity index (χ0v) is 16.1. The molecule has 0 heterocycles. The van der Waals surface area contributed by atoms with Crippen LogP contribution in [0.15, 0.2) is 43.5 Å². The van der Waals surface area contributed by atoms with Crippen LogP contribution in [0.3, 0.4) is 0 Å².